The summed E-state index contributed by atoms with van der Waals surface area (Å²) in [6.45, 7) is 2.44. The number of carbonyl (C=O) groups is 1. The van der Waals surface area contributed by atoms with Crippen molar-refractivity contribution in [2.24, 2.45) is 0 Å². The van der Waals surface area contributed by atoms with Crippen LogP contribution in [-0.2, 0) is 10.0 Å². The molecule has 4 rings (SSSR count). The molecule has 1 heterocycles. The Morgan fingerprint density at radius 3 is 2.30 bits per heavy atom. The topological polar surface area (TPSA) is 78.5 Å². The molecular weight excluding hydrogens is 458 g/mol. The van der Waals surface area contributed by atoms with Gasteiger partial charge in [-0.15, -0.1) is 0 Å². The standard InChI is InChI=1S/C25H26ClN3O3S/c26-21-8-6-7-20(17-21)24(29-15-4-5-16-29)18-27-25(30)19-11-13-22(14-12-19)28-33(31,32)23-9-2-1-3-10-23/h1-3,6-14,17,24,28H,4-5,15-16,18H2,(H,27,30). The number of nitrogens with zero attached hydrogens (tertiary/aromatic N) is 1. The first-order valence-electron chi connectivity index (χ1n) is 10.9. The summed E-state index contributed by atoms with van der Waals surface area (Å²) >= 11 is 6.20. The van der Waals surface area contributed by atoms with Gasteiger partial charge < -0.3 is 5.32 Å². The van der Waals surface area contributed by atoms with Crippen LogP contribution in [0.5, 0.6) is 0 Å². The minimum atomic E-state index is -3.68. The van der Waals surface area contributed by atoms with Gasteiger partial charge in [0.2, 0.25) is 0 Å². The van der Waals surface area contributed by atoms with Crippen molar-refractivity contribution in [1.82, 2.24) is 10.2 Å². The van der Waals surface area contributed by atoms with E-state index in [0.717, 1.165) is 31.5 Å². The maximum Gasteiger partial charge on any atom is 0.261 e. The Bertz CT molecular complexity index is 1200. The molecule has 1 aliphatic rings. The number of benzene rings is 3. The van der Waals surface area contributed by atoms with Gasteiger partial charge in [0.25, 0.3) is 15.9 Å². The van der Waals surface area contributed by atoms with Crippen molar-refractivity contribution >= 4 is 33.2 Å². The van der Waals surface area contributed by atoms with Gasteiger partial charge in [0.1, 0.15) is 0 Å². The van der Waals surface area contributed by atoms with Crippen LogP contribution in [-0.4, -0.2) is 38.9 Å². The number of rotatable bonds is 8. The number of hydrogen-bond donors (Lipinski definition) is 2. The third-order valence-corrected chi connectivity index (χ3v) is 7.36. The molecule has 8 heteroatoms. The van der Waals surface area contributed by atoms with Crippen LogP contribution in [0.4, 0.5) is 5.69 Å². The molecule has 1 fully saturated rings. The van der Waals surface area contributed by atoms with Crippen LogP contribution >= 0.6 is 11.6 Å². The number of nitrogens with one attached hydrogen (secondary N) is 2. The largest absolute Gasteiger partial charge is 0.350 e. The summed E-state index contributed by atoms with van der Waals surface area (Å²) < 4.78 is 27.5. The molecule has 1 atom stereocenters. The van der Waals surface area contributed by atoms with Gasteiger partial charge >= 0.3 is 0 Å². The van der Waals surface area contributed by atoms with E-state index >= 15 is 0 Å². The molecule has 3 aromatic carbocycles. The highest BCUT2D eigenvalue weighted by Crippen LogP contribution is 2.26. The summed E-state index contributed by atoms with van der Waals surface area (Å²) in [7, 11) is -3.68. The zero-order valence-corrected chi connectivity index (χ0v) is 19.6. The highest BCUT2D eigenvalue weighted by atomic mass is 35.5. The van der Waals surface area contributed by atoms with E-state index in [4.69, 9.17) is 11.6 Å². The van der Waals surface area contributed by atoms with Gasteiger partial charge in [0.15, 0.2) is 0 Å². The molecule has 1 amide bonds. The van der Waals surface area contributed by atoms with Gasteiger partial charge in [-0.2, -0.15) is 0 Å². The van der Waals surface area contributed by atoms with E-state index in [2.05, 4.69) is 14.9 Å². The molecular formula is C25H26ClN3O3S. The van der Waals surface area contributed by atoms with E-state index in [1.165, 1.54) is 12.1 Å². The molecule has 33 heavy (non-hydrogen) atoms. The lowest BCUT2D eigenvalue weighted by Crippen LogP contribution is -2.36. The van der Waals surface area contributed by atoms with Gasteiger partial charge in [0.05, 0.1) is 10.9 Å². The van der Waals surface area contributed by atoms with E-state index in [-0.39, 0.29) is 16.8 Å². The number of carbonyl (C=O) groups excluding carboxylic acids is 1. The SMILES string of the molecule is O=C(NCC(c1cccc(Cl)c1)N1CCCC1)c1ccc(NS(=O)(=O)c2ccccc2)cc1. The third-order valence-electron chi connectivity index (χ3n) is 5.72. The maximum absolute atomic E-state index is 12.8. The molecule has 0 radical (unpaired) electrons. The Kier molecular flexibility index (Phi) is 7.33. The molecule has 1 saturated heterocycles. The number of amides is 1. The van der Waals surface area contributed by atoms with Crippen LogP contribution in [0, 0.1) is 0 Å². The molecule has 3 aromatic rings. The molecule has 1 unspecified atom stereocenters. The van der Waals surface area contributed by atoms with Crippen LogP contribution in [0.3, 0.4) is 0 Å². The van der Waals surface area contributed by atoms with Crippen LogP contribution in [0.15, 0.2) is 83.8 Å². The van der Waals surface area contributed by atoms with Gasteiger partial charge in [-0.1, -0.05) is 41.9 Å². The highest BCUT2D eigenvalue weighted by molar-refractivity contribution is 7.92. The zero-order valence-electron chi connectivity index (χ0n) is 18.1. The highest BCUT2D eigenvalue weighted by Gasteiger charge is 2.24. The van der Waals surface area contributed by atoms with Crippen molar-refractivity contribution in [2.75, 3.05) is 24.4 Å². The Labute approximate surface area is 199 Å². The lowest BCUT2D eigenvalue weighted by Gasteiger charge is -2.28. The molecule has 2 N–H and O–H groups in total. The van der Waals surface area contributed by atoms with Crippen molar-refractivity contribution in [2.45, 2.75) is 23.8 Å². The first kappa shape index (κ1) is 23.3. The second kappa shape index (κ2) is 10.4. The van der Waals surface area contributed by atoms with Gasteiger partial charge in [-0.25, -0.2) is 8.42 Å². The normalized spacial score (nSPS) is 15.2. The van der Waals surface area contributed by atoms with Crippen molar-refractivity contribution in [3.8, 4) is 0 Å². The average Bonchev–Trinajstić information content (AvgIpc) is 3.35. The molecule has 0 aromatic heterocycles. The fraction of sp³-hybridized carbons (Fsp3) is 0.240. The van der Waals surface area contributed by atoms with Gasteiger partial charge in [0, 0.05) is 22.8 Å². The van der Waals surface area contributed by atoms with Crippen LogP contribution < -0.4 is 10.0 Å². The van der Waals surface area contributed by atoms with Crippen molar-refractivity contribution in [3.63, 3.8) is 0 Å². The van der Waals surface area contributed by atoms with Crippen molar-refractivity contribution < 1.29 is 13.2 Å². The summed E-state index contributed by atoms with van der Waals surface area (Å²) in [5, 5.41) is 3.70. The summed E-state index contributed by atoms with van der Waals surface area (Å²) in [6, 6.07) is 22.4. The Morgan fingerprint density at radius 1 is 0.939 bits per heavy atom. The third kappa shape index (κ3) is 5.93. The predicted molar refractivity (Wildman–Crippen MR) is 131 cm³/mol. The minimum Gasteiger partial charge on any atom is -0.350 e. The predicted octanol–water partition coefficient (Wildman–Crippen LogP) is 4.71. The van der Waals surface area contributed by atoms with E-state index in [9.17, 15) is 13.2 Å². The second-order valence-electron chi connectivity index (χ2n) is 8.02. The summed E-state index contributed by atoms with van der Waals surface area (Å²) in [5.41, 5.74) is 1.93. The summed E-state index contributed by atoms with van der Waals surface area (Å²) in [6.07, 6.45) is 2.29. The Hall–Kier alpha value is -2.87. The fourth-order valence-electron chi connectivity index (χ4n) is 4.02. The first-order valence-corrected chi connectivity index (χ1v) is 12.7. The number of sulfonamides is 1. The number of likely N-dealkylation sites (tertiary alicyclic amines) is 1. The number of halogens is 1. The molecule has 0 saturated carbocycles. The van der Waals surface area contributed by atoms with Crippen LogP contribution in [0.25, 0.3) is 0 Å². The van der Waals surface area contributed by atoms with E-state index in [1.54, 1.807) is 42.5 Å². The lowest BCUT2D eigenvalue weighted by atomic mass is 10.1. The summed E-state index contributed by atoms with van der Waals surface area (Å²) in [5.74, 6) is -0.210. The smallest absolute Gasteiger partial charge is 0.261 e. The lowest BCUT2D eigenvalue weighted by molar-refractivity contribution is 0.0938. The zero-order chi connectivity index (χ0) is 23.3. The molecule has 0 spiro atoms. The van der Waals surface area contributed by atoms with E-state index in [0.29, 0.717) is 22.8 Å². The first-order chi connectivity index (χ1) is 15.9. The van der Waals surface area contributed by atoms with Crippen LogP contribution in [0.2, 0.25) is 5.02 Å². The van der Waals surface area contributed by atoms with Gasteiger partial charge in [-0.3, -0.25) is 14.4 Å². The average molecular weight is 484 g/mol. The van der Waals surface area contributed by atoms with E-state index < -0.39 is 10.0 Å². The number of hydrogen-bond acceptors (Lipinski definition) is 4. The van der Waals surface area contributed by atoms with Gasteiger partial charge in [-0.05, 0) is 80.0 Å². The maximum atomic E-state index is 12.8. The minimum absolute atomic E-state index is 0.0482. The Morgan fingerprint density at radius 2 is 1.64 bits per heavy atom. The Balaban J connectivity index is 1.41. The molecule has 172 valence electrons. The molecule has 0 bridgehead atoms. The molecule has 1 aliphatic heterocycles. The molecule has 0 aliphatic carbocycles. The monoisotopic (exact) mass is 483 g/mol. The van der Waals surface area contributed by atoms with Crippen LogP contribution in [0.1, 0.15) is 34.8 Å². The van der Waals surface area contributed by atoms with Crippen molar-refractivity contribution in [1.29, 1.82) is 0 Å². The summed E-state index contributed by atoms with van der Waals surface area (Å²) in [4.78, 5) is 15.3. The quantitative estimate of drug-likeness (QED) is 0.486. The fourth-order valence-corrected chi connectivity index (χ4v) is 5.30. The van der Waals surface area contributed by atoms with Crippen molar-refractivity contribution in [3.05, 3.63) is 95.0 Å². The number of anilines is 1. The molecule has 6 nitrogen and oxygen atoms in total. The second-order valence-corrected chi connectivity index (χ2v) is 10.1. The van der Waals surface area contributed by atoms with E-state index in [1.807, 2.05) is 24.3 Å².